The van der Waals surface area contributed by atoms with Gasteiger partial charge in [-0.25, -0.2) is 0 Å². The second-order valence-electron chi connectivity index (χ2n) is 4.65. The Bertz CT molecular complexity index is 793. The molecular weight excluding hydrogens is 305 g/mol. The van der Waals surface area contributed by atoms with E-state index in [-0.39, 0.29) is 5.82 Å². The lowest BCUT2D eigenvalue weighted by atomic mass is 10.0. The maximum atomic E-state index is 12.8. The van der Waals surface area contributed by atoms with Crippen molar-refractivity contribution in [2.24, 2.45) is 5.73 Å². The zero-order valence-corrected chi connectivity index (χ0v) is 11.5. The predicted molar refractivity (Wildman–Crippen MR) is 70.5 cm³/mol. The Kier molecular flexibility index (Phi) is 2.99. The topological polar surface area (TPSA) is 77.8 Å². The van der Waals surface area contributed by atoms with Gasteiger partial charge in [0.25, 0.3) is 5.89 Å². The Morgan fingerprint density at radius 2 is 2.10 bits per heavy atom. The van der Waals surface area contributed by atoms with Gasteiger partial charge in [0.15, 0.2) is 5.54 Å². The van der Waals surface area contributed by atoms with E-state index in [9.17, 15) is 13.2 Å². The molecule has 0 aromatic carbocycles. The molecule has 0 spiro atoms. The van der Waals surface area contributed by atoms with Crippen molar-refractivity contribution in [1.29, 1.82) is 0 Å². The second-order valence-corrected chi connectivity index (χ2v) is 5.60. The third-order valence-corrected chi connectivity index (χ3v) is 3.87. The second kappa shape index (κ2) is 4.50. The summed E-state index contributed by atoms with van der Waals surface area (Å²) in [6.07, 6.45) is -3.21. The van der Waals surface area contributed by atoms with Crippen molar-refractivity contribution in [3.63, 3.8) is 0 Å². The summed E-state index contributed by atoms with van der Waals surface area (Å²) in [4.78, 5) is 7.92. The fraction of sp³-hybridized carbons (Fsp3) is 0.250. The minimum absolute atomic E-state index is 0.0220. The van der Waals surface area contributed by atoms with Crippen LogP contribution in [-0.2, 0) is 5.54 Å². The summed E-state index contributed by atoms with van der Waals surface area (Å²) in [5, 5.41) is 5.42. The van der Waals surface area contributed by atoms with Crippen LogP contribution >= 0.6 is 11.3 Å². The summed E-state index contributed by atoms with van der Waals surface area (Å²) >= 11 is 1.46. The minimum Gasteiger partial charge on any atom is -0.337 e. The summed E-state index contributed by atoms with van der Waals surface area (Å²) in [6, 6.07) is 3.58. The number of halogens is 3. The number of thiophene rings is 1. The van der Waals surface area contributed by atoms with Crippen molar-refractivity contribution in [3.05, 3.63) is 29.6 Å². The zero-order chi connectivity index (χ0) is 15.3. The van der Waals surface area contributed by atoms with Gasteiger partial charge in [-0.05, 0) is 24.4 Å². The average molecular weight is 314 g/mol. The Morgan fingerprint density at radius 3 is 2.81 bits per heavy atom. The van der Waals surface area contributed by atoms with Crippen molar-refractivity contribution in [1.82, 2.24) is 15.1 Å². The Morgan fingerprint density at radius 1 is 1.33 bits per heavy atom. The van der Waals surface area contributed by atoms with Crippen LogP contribution in [0.5, 0.6) is 0 Å². The van der Waals surface area contributed by atoms with Crippen LogP contribution in [0.1, 0.15) is 12.8 Å². The van der Waals surface area contributed by atoms with Crippen LogP contribution in [0.4, 0.5) is 13.2 Å². The van der Waals surface area contributed by atoms with E-state index in [4.69, 9.17) is 5.73 Å². The van der Waals surface area contributed by atoms with Crippen molar-refractivity contribution in [2.45, 2.75) is 18.6 Å². The van der Waals surface area contributed by atoms with Crippen LogP contribution in [-0.4, -0.2) is 21.3 Å². The highest BCUT2D eigenvalue weighted by atomic mass is 32.1. The monoisotopic (exact) mass is 314 g/mol. The van der Waals surface area contributed by atoms with E-state index < -0.39 is 17.6 Å². The van der Waals surface area contributed by atoms with Crippen molar-refractivity contribution in [2.75, 3.05) is 0 Å². The molecule has 3 aromatic heterocycles. The quantitative estimate of drug-likeness (QED) is 0.786. The number of rotatable bonds is 2. The molecule has 21 heavy (non-hydrogen) atoms. The van der Waals surface area contributed by atoms with E-state index in [1.54, 1.807) is 6.07 Å². The summed E-state index contributed by atoms with van der Waals surface area (Å²) in [5.74, 6) is -0.662. The first-order valence-corrected chi connectivity index (χ1v) is 6.70. The molecule has 0 fully saturated rings. The van der Waals surface area contributed by atoms with Crippen molar-refractivity contribution in [3.8, 4) is 11.4 Å². The lowest BCUT2D eigenvalue weighted by Gasteiger charge is -2.22. The first-order chi connectivity index (χ1) is 9.79. The molecule has 9 heteroatoms. The van der Waals surface area contributed by atoms with E-state index in [2.05, 4.69) is 19.6 Å². The zero-order valence-electron chi connectivity index (χ0n) is 10.7. The van der Waals surface area contributed by atoms with E-state index >= 15 is 0 Å². The van der Waals surface area contributed by atoms with Gasteiger partial charge in [0.05, 0.1) is 10.2 Å². The molecule has 0 saturated carbocycles. The van der Waals surface area contributed by atoms with Crippen molar-refractivity contribution >= 4 is 21.6 Å². The minimum atomic E-state index is -4.69. The summed E-state index contributed by atoms with van der Waals surface area (Å²) in [6.45, 7) is 0.783. The number of hydrogen-bond acceptors (Lipinski definition) is 6. The number of nitrogens with zero attached hydrogens (tertiary/aromatic N) is 3. The van der Waals surface area contributed by atoms with Gasteiger partial charge in [-0.15, -0.1) is 11.3 Å². The molecule has 3 rings (SSSR count). The maximum absolute atomic E-state index is 12.8. The van der Waals surface area contributed by atoms with E-state index in [1.807, 2.05) is 11.4 Å². The number of alkyl halides is 3. The molecule has 0 bridgehead atoms. The molecule has 1 atom stereocenters. The van der Waals surface area contributed by atoms with E-state index in [0.29, 0.717) is 5.56 Å². The van der Waals surface area contributed by atoms with Crippen LogP contribution in [0.25, 0.3) is 21.6 Å². The molecule has 2 N–H and O–H groups in total. The number of fused-ring (bicyclic) bond motifs is 1. The van der Waals surface area contributed by atoms with E-state index in [1.165, 1.54) is 17.5 Å². The third kappa shape index (κ3) is 2.28. The fourth-order valence-corrected chi connectivity index (χ4v) is 2.42. The lowest BCUT2D eigenvalue weighted by molar-refractivity contribution is -0.190. The molecule has 0 saturated heterocycles. The molecule has 5 nitrogen and oxygen atoms in total. The predicted octanol–water partition coefficient (Wildman–Crippen LogP) is 3.08. The number of nitrogens with two attached hydrogens (primary N) is 1. The van der Waals surface area contributed by atoms with Crippen LogP contribution in [0, 0.1) is 0 Å². The Labute approximate surface area is 120 Å². The first-order valence-electron chi connectivity index (χ1n) is 5.82. The Hall–Kier alpha value is -2.00. The van der Waals surface area contributed by atoms with Crippen LogP contribution < -0.4 is 5.73 Å². The lowest BCUT2D eigenvalue weighted by Crippen LogP contribution is -2.47. The van der Waals surface area contributed by atoms with Crippen LogP contribution in [0.3, 0.4) is 0 Å². The molecule has 110 valence electrons. The molecule has 3 heterocycles. The molecule has 1 unspecified atom stereocenters. The molecule has 0 radical (unpaired) electrons. The molecule has 3 aromatic rings. The Balaban J connectivity index is 2.01. The molecule has 0 aliphatic rings. The van der Waals surface area contributed by atoms with Crippen LogP contribution in [0.2, 0.25) is 0 Å². The summed E-state index contributed by atoms with van der Waals surface area (Å²) in [5.41, 5.74) is 3.82. The molecule has 0 aliphatic heterocycles. The van der Waals surface area contributed by atoms with Gasteiger partial charge in [0, 0.05) is 11.8 Å². The standard InChI is InChI=1S/C12H9F3N4OS/c1-11(16,12(13,14)15)10-18-9(19-20-10)6-4-8-7(17-5-6)2-3-21-8/h2-5H,16H2,1H3. The normalized spacial score (nSPS) is 15.3. The van der Waals surface area contributed by atoms with Gasteiger partial charge in [0.1, 0.15) is 0 Å². The number of pyridine rings is 1. The third-order valence-electron chi connectivity index (χ3n) is 3.02. The molecule has 0 aliphatic carbocycles. The smallest absolute Gasteiger partial charge is 0.337 e. The first kappa shape index (κ1) is 14.0. The van der Waals surface area contributed by atoms with Gasteiger partial charge in [-0.2, -0.15) is 18.2 Å². The van der Waals surface area contributed by atoms with Gasteiger partial charge >= 0.3 is 6.18 Å². The SMILES string of the molecule is CC(N)(c1nc(-c2cnc3ccsc3c2)no1)C(F)(F)F. The van der Waals surface area contributed by atoms with Gasteiger partial charge in [0.2, 0.25) is 5.82 Å². The highest BCUT2D eigenvalue weighted by molar-refractivity contribution is 7.17. The van der Waals surface area contributed by atoms with Gasteiger partial charge in [-0.3, -0.25) is 4.98 Å². The van der Waals surface area contributed by atoms with Gasteiger partial charge in [-0.1, -0.05) is 5.16 Å². The van der Waals surface area contributed by atoms with Crippen molar-refractivity contribution < 1.29 is 17.7 Å². The van der Waals surface area contributed by atoms with Crippen LogP contribution in [0.15, 0.2) is 28.2 Å². The highest BCUT2D eigenvalue weighted by Gasteiger charge is 2.53. The molecule has 0 amide bonds. The summed E-state index contributed by atoms with van der Waals surface area (Å²) in [7, 11) is 0. The highest BCUT2D eigenvalue weighted by Crippen LogP contribution is 2.36. The van der Waals surface area contributed by atoms with Gasteiger partial charge < -0.3 is 10.3 Å². The van der Waals surface area contributed by atoms with E-state index in [0.717, 1.165) is 17.1 Å². The summed E-state index contributed by atoms with van der Waals surface area (Å²) < 4.78 is 44.1. The number of aromatic nitrogens is 3. The maximum Gasteiger partial charge on any atom is 0.415 e. The molecular formula is C12H9F3N4OS. The fourth-order valence-electron chi connectivity index (χ4n) is 1.64. The average Bonchev–Trinajstić information content (AvgIpc) is 3.05. The number of hydrogen-bond donors (Lipinski definition) is 1. The largest absolute Gasteiger partial charge is 0.415 e.